The molecule has 314 valence electrons. The minimum atomic E-state index is -0.762. The monoisotopic (exact) mass is 774 g/mol. The van der Waals surface area contributed by atoms with Crippen molar-refractivity contribution in [1.29, 1.82) is 0 Å². The molecule has 0 saturated carbocycles. The van der Waals surface area contributed by atoms with E-state index in [1.54, 1.807) is 38.0 Å². The van der Waals surface area contributed by atoms with Crippen LogP contribution in [0.2, 0.25) is 0 Å². The van der Waals surface area contributed by atoms with Crippen LogP contribution in [0.1, 0.15) is 100 Å². The number of ether oxygens (including phenoxy) is 2. The quantitative estimate of drug-likeness (QED) is 0.179. The maximum absolute atomic E-state index is 14.2. The molecule has 0 radical (unpaired) electrons. The minimum absolute atomic E-state index is 0.0227. The number of nitrogens with zero attached hydrogens (tertiary/aromatic N) is 3. The highest BCUT2D eigenvalue weighted by Crippen LogP contribution is 2.30. The van der Waals surface area contributed by atoms with Crippen molar-refractivity contribution in [2.75, 3.05) is 41.9 Å². The number of methoxy groups -OCH3 is 2. The van der Waals surface area contributed by atoms with E-state index in [1.165, 1.54) is 6.92 Å². The van der Waals surface area contributed by atoms with Gasteiger partial charge in [0.15, 0.2) is 5.78 Å². The molecule has 0 aliphatic carbocycles. The third kappa shape index (κ3) is 14.0. The lowest BCUT2D eigenvalue weighted by Crippen LogP contribution is -2.59. The van der Waals surface area contributed by atoms with E-state index in [-0.39, 0.29) is 59.6 Å². The zero-order valence-corrected chi connectivity index (χ0v) is 36.7. The fourth-order valence-corrected chi connectivity index (χ4v) is 7.86. The van der Waals surface area contributed by atoms with Gasteiger partial charge in [0, 0.05) is 27.8 Å². The van der Waals surface area contributed by atoms with Crippen LogP contribution >= 0.6 is 0 Å². The van der Waals surface area contributed by atoms with Crippen molar-refractivity contribution in [1.82, 2.24) is 25.3 Å². The molecule has 12 heteroatoms. The van der Waals surface area contributed by atoms with Crippen molar-refractivity contribution in [3.8, 4) is 0 Å². The maximum atomic E-state index is 14.2. The molecule has 1 heterocycles. The Morgan fingerprint density at radius 3 is 1.95 bits per heavy atom. The summed E-state index contributed by atoms with van der Waals surface area (Å²) in [4.78, 5) is 73.2. The van der Waals surface area contributed by atoms with Gasteiger partial charge in [0.05, 0.1) is 48.7 Å². The zero-order valence-electron chi connectivity index (χ0n) is 36.7. The van der Waals surface area contributed by atoms with Crippen LogP contribution < -0.4 is 10.6 Å². The van der Waals surface area contributed by atoms with Gasteiger partial charge < -0.3 is 29.9 Å². The van der Waals surface area contributed by atoms with Gasteiger partial charge in [0.2, 0.25) is 23.6 Å². The molecular formula is C43H75N5O7. The van der Waals surface area contributed by atoms with Gasteiger partial charge in [0.1, 0.15) is 6.04 Å². The highest BCUT2D eigenvalue weighted by Gasteiger charge is 2.43. The molecule has 0 bridgehead atoms. The van der Waals surface area contributed by atoms with Crippen molar-refractivity contribution in [2.45, 2.75) is 144 Å². The van der Waals surface area contributed by atoms with E-state index in [0.29, 0.717) is 19.4 Å². The van der Waals surface area contributed by atoms with Crippen LogP contribution in [-0.2, 0) is 39.9 Å². The van der Waals surface area contributed by atoms with Gasteiger partial charge >= 0.3 is 0 Å². The number of Topliss-reactive ketones (excluding diaryl/α,β-unsaturated/α-hetero) is 1. The number of ketones is 1. The molecule has 12 nitrogen and oxygen atoms in total. The van der Waals surface area contributed by atoms with Crippen molar-refractivity contribution in [2.24, 2.45) is 23.7 Å². The number of rotatable bonds is 21. The average Bonchev–Trinajstić information content (AvgIpc) is 3.63. The number of likely N-dealkylation sites (N-methyl/N-ethyl adjacent to an activating group) is 2. The zero-order chi connectivity index (χ0) is 42.2. The van der Waals surface area contributed by atoms with E-state index in [2.05, 4.69) is 10.6 Å². The predicted octanol–water partition coefficient (Wildman–Crippen LogP) is 4.98. The Labute approximate surface area is 332 Å². The molecule has 0 aromatic heterocycles. The number of likely N-dealkylation sites (tertiary alicyclic amines) is 1. The highest BCUT2D eigenvalue weighted by atomic mass is 16.5. The van der Waals surface area contributed by atoms with Gasteiger partial charge in [-0.25, -0.2) is 0 Å². The summed E-state index contributed by atoms with van der Waals surface area (Å²) < 4.78 is 11.9. The molecule has 1 aliphatic heterocycles. The lowest BCUT2D eigenvalue weighted by molar-refractivity contribution is -0.148. The SMILES string of the molecule is CC.CCC(C)C(C(CC(=O)N1CCCC1C(OC)C(C)C(=O)NC(Cc1ccccc1)C(C)=O)OC)N(C)C(=O)C(NC(=O)C(C(C)C)N(C)C)C(C)C. The molecular weight excluding hydrogens is 699 g/mol. The fourth-order valence-electron chi connectivity index (χ4n) is 7.86. The van der Waals surface area contributed by atoms with E-state index in [4.69, 9.17) is 9.47 Å². The molecule has 0 spiro atoms. The molecule has 9 atom stereocenters. The normalized spacial score (nSPS) is 18.7. The van der Waals surface area contributed by atoms with E-state index < -0.39 is 42.3 Å². The number of carbonyl (C=O) groups is 5. The second kappa shape index (κ2) is 24.3. The van der Waals surface area contributed by atoms with Crippen molar-refractivity contribution < 1.29 is 33.4 Å². The fraction of sp³-hybridized carbons (Fsp3) is 0.744. The van der Waals surface area contributed by atoms with E-state index in [1.807, 2.05) is 105 Å². The third-order valence-corrected chi connectivity index (χ3v) is 11.0. The van der Waals surface area contributed by atoms with Crippen molar-refractivity contribution in [3.63, 3.8) is 0 Å². The smallest absolute Gasteiger partial charge is 0.245 e. The molecule has 2 N–H and O–H groups in total. The first-order valence-corrected chi connectivity index (χ1v) is 20.3. The van der Waals surface area contributed by atoms with E-state index in [0.717, 1.165) is 18.4 Å². The van der Waals surface area contributed by atoms with Crippen LogP contribution in [0.15, 0.2) is 30.3 Å². The minimum Gasteiger partial charge on any atom is -0.379 e. The largest absolute Gasteiger partial charge is 0.379 e. The first-order valence-electron chi connectivity index (χ1n) is 20.3. The van der Waals surface area contributed by atoms with Crippen LogP contribution in [0, 0.1) is 23.7 Å². The van der Waals surface area contributed by atoms with Crippen LogP contribution in [0.4, 0.5) is 0 Å². The molecule has 9 unspecified atom stereocenters. The van der Waals surface area contributed by atoms with Crippen molar-refractivity contribution >= 4 is 29.4 Å². The maximum Gasteiger partial charge on any atom is 0.245 e. The highest BCUT2D eigenvalue weighted by molar-refractivity contribution is 5.90. The van der Waals surface area contributed by atoms with Gasteiger partial charge in [-0.05, 0) is 63.6 Å². The summed E-state index contributed by atoms with van der Waals surface area (Å²) in [6.07, 6.45) is 1.32. The molecule has 2 rings (SSSR count). The van der Waals surface area contributed by atoms with Gasteiger partial charge in [-0.15, -0.1) is 0 Å². The molecule has 1 aromatic carbocycles. The Kier molecular flexibility index (Phi) is 22.0. The number of carbonyl (C=O) groups excluding carboxylic acids is 5. The van der Waals surface area contributed by atoms with Gasteiger partial charge in [-0.3, -0.25) is 28.9 Å². The summed E-state index contributed by atoms with van der Waals surface area (Å²) >= 11 is 0. The predicted molar refractivity (Wildman–Crippen MR) is 219 cm³/mol. The molecule has 1 fully saturated rings. The molecule has 55 heavy (non-hydrogen) atoms. The Morgan fingerprint density at radius 1 is 0.873 bits per heavy atom. The second-order valence-electron chi connectivity index (χ2n) is 15.8. The lowest BCUT2D eigenvalue weighted by Gasteiger charge is -2.41. The van der Waals surface area contributed by atoms with Gasteiger partial charge in [-0.1, -0.05) is 99.1 Å². The first-order chi connectivity index (χ1) is 25.9. The number of nitrogens with one attached hydrogen (secondary N) is 2. The standard InChI is InChI=1S/C41H69N5O7.C2H6/c1-14-27(6)37(45(11)41(51)35(25(2)3)43-40(50)36(26(4)5)44(9)10)33(52-12)24-34(48)46-22-18-21-32(46)38(53-13)28(7)39(49)42-31(29(8)47)23-30-19-16-15-17-20-30;1-2/h15-17,19-20,25-28,31-33,35-38H,14,18,21-24H2,1-13H3,(H,42,49)(H,43,50);1-2H3. The molecule has 1 saturated heterocycles. The summed E-state index contributed by atoms with van der Waals surface area (Å²) in [7, 11) is 8.55. The number of hydrogen-bond donors (Lipinski definition) is 2. The Bertz CT molecular complexity index is 1330. The van der Waals surface area contributed by atoms with Crippen LogP contribution in [0.3, 0.4) is 0 Å². The van der Waals surface area contributed by atoms with E-state index in [9.17, 15) is 24.0 Å². The van der Waals surface area contributed by atoms with Gasteiger partial charge in [-0.2, -0.15) is 0 Å². The summed E-state index contributed by atoms with van der Waals surface area (Å²) in [5.41, 5.74) is 0.945. The lowest BCUT2D eigenvalue weighted by atomic mass is 9.89. The van der Waals surface area contributed by atoms with Crippen LogP contribution in [-0.4, -0.2) is 128 Å². The van der Waals surface area contributed by atoms with E-state index >= 15 is 0 Å². The summed E-state index contributed by atoms with van der Waals surface area (Å²) in [6.45, 7) is 19.6. The van der Waals surface area contributed by atoms with Crippen LogP contribution in [0.5, 0.6) is 0 Å². The molecule has 1 aliphatic rings. The topological polar surface area (TPSA) is 138 Å². The Morgan fingerprint density at radius 2 is 1.47 bits per heavy atom. The Balaban J connectivity index is 0.00000743. The average molecular weight is 774 g/mol. The number of benzene rings is 1. The molecule has 4 amide bonds. The Hall–Kier alpha value is -3.35. The number of hydrogen-bond acceptors (Lipinski definition) is 8. The number of amides is 4. The summed E-state index contributed by atoms with van der Waals surface area (Å²) in [5.74, 6) is -1.82. The van der Waals surface area contributed by atoms with Crippen molar-refractivity contribution in [3.05, 3.63) is 35.9 Å². The summed E-state index contributed by atoms with van der Waals surface area (Å²) in [5, 5.41) is 5.97. The first kappa shape index (κ1) is 49.7. The summed E-state index contributed by atoms with van der Waals surface area (Å²) in [6, 6.07) is 6.90. The molecule has 1 aromatic rings. The van der Waals surface area contributed by atoms with Gasteiger partial charge in [0.25, 0.3) is 0 Å². The second-order valence-corrected chi connectivity index (χ2v) is 15.8. The third-order valence-electron chi connectivity index (χ3n) is 11.0. The van der Waals surface area contributed by atoms with Crippen LogP contribution in [0.25, 0.3) is 0 Å².